The molecule has 4 nitrogen and oxygen atoms in total. The Morgan fingerprint density at radius 1 is 1.24 bits per heavy atom. The molecule has 0 saturated carbocycles. The van der Waals surface area contributed by atoms with Crippen molar-refractivity contribution >= 4 is 5.91 Å². The number of benzene rings is 1. The Bertz CT molecular complexity index is 521. The maximum Gasteiger partial charge on any atom is 0.220 e. The third-order valence-corrected chi connectivity index (χ3v) is 5.91. The second-order valence-corrected chi connectivity index (χ2v) is 7.76. The van der Waals surface area contributed by atoms with Crippen LogP contribution in [0, 0.1) is 11.8 Å². The molecule has 4 heteroatoms. The zero-order valence-corrected chi connectivity index (χ0v) is 15.5. The Labute approximate surface area is 152 Å². The second-order valence-electron chi connectivity index (χ2n) is 7.76. The van der Waals surface area contributed by atoms with Crippen LogP contribution in [0.5, 0.6) is 0 Å². The molecule has 25 heavy (non-hydrogen) atoms. The van der Waals surface area contributed by atoms with Crippen LogP contribution in [0.4, 0.5) is 0 Å². The predicted molar refractivity (Wildman–Crippen MR) is 102 cm³/mol. The van der Waals surface area contributed by atoms with E-state index in [0.29, 0.717) is 24.3 Å². The summed E-state index contributed by atoms with van der Waals surface area (Å²) in [5, 5.41) is 6.69. The molecule has 3 rings (SSSR count). The highest BCUT2D eigenvalue weighted by Gasteiger charge is 2.25. The summed E-state index contributed by atoms with van der Waals surface area (Å²) in [5.41, 5.74) is 1.31. The predicted octanol–water partition coefficient (Wildman–Crippen LogP) is 2.97. The normalized spacial score (nSPS) is 24.0. The number of rotatable bonds is 7. The average molecular weight is 344 g/mol. The maximum atomic E-state index is 12.5. The van der Waals surface area contributed by atoms with Crippen LogP contribution in [-0.2, 0) is 4.79 Å². The highest BCUT2D eigenvalue weighted by Crippen LogP contribution is 2.25. The molecule has 0 spiro atoms. The fourth-order valence-electron chi connectivity index (χ4n) is 4.29. The van der Waals surface area contributed by atoms with Crippen molar-refractivity contribution in [3.05, 3.63) is 35.9 Å². The zero-order valence-electron chi connectivity index (χ0n) is 15.5. The van der Waals surface area contributed by atoms with Crippen molar-refractivity contribution in [2.75, 3.05) is 32.7 Å². The van der Waals surface area contributed by atoms with Gasteiger partial charge in [0.2, 0.25) is 5.91 Å². The Balaban J connectivity index is 1.52. The van der Waals surface area contributed by atoms with Crippen molar-refractivity contribution in [1.29, 1.82) is 0 Å². The first-order valence-corrected chi connectivity index (χ1v) is 10.0. The first-order chi connectivity index (χ1) is 12.2. The number of amides is 1. The summed E-state index contributed by atoms with van der Waals surface area (Å²) in [4.78, 5) is 15.0. The molecule has 2 aliphatic rings. The molecule has 0 radical (unpaired) electrons. The molecule has 1 amide bonds. The van der Waals surface area contributed by atoms with Crippen LogP contribution in [0.1, 0.15) is 50.6 Å². The van der Waals surface area contributed by atoms with Gasteiger partial charge < -0.3 is 10.6 Å². The summed E-state index contributed by atoms with van der Waals surface area (Å²) in [6, 6.07) is 10.9. The summed E-state index contributed by atoms with van der Waals surface area (Å²) in [5.74, 6) is 1.30. The molecule has 2 heterocycles. The second kappa shape index (κ2) is 9.35. The van der Waals surface area contributed by atoms with E-state index in [1.165, 1.54) is 31.2 Å². The van der Waals surface area contributed by atoms with Gasteiger partial charge in [-0.3, -0.25) is 9.69 Å². The maximum absolute atomic E-state index is 12.5. The minimum Gasteiger partial charge on any atom is -0.354 e. The van der Waals surface area contributed by atoms with Gasteiger partial charge in [-0.25, -0.2) is 0 Å². The molecule has 2 saturated heterocycles. The summed E-state index contributed by atoms with van der Waals surface area (Å²) >= 11 is 0. The number of nitrogens with one attached hydrogen (secondary N) is 2. The van der Waals surface area contributed by atoms with Crippen molar-refractivity contribution in [2.45, 2.75) is 45.1 Å². The molecule has 2 aliphatic heterocycles. The van der Waals surface area contributed by atoms with Gasteiger partial charge in [0.1, 0.15) is 0 Å². The van der Waals surface area contributed by atoms with E-state index in [2.05, 4.69) is 52.8 Å². The molecule has 138 valence electrons. The van der Waals surface area contributed by atoms with Crippen LogP contribution in [0.3, 0.4) is 0 Å². The van der Waals surface area contributed by atoms with Crippen LogP contribution >= 0.6 is 0 Å². The molecule has 2 N–H and O–H groups in total. The van der Waals surface area contributed by atoms with Crippen molar-refractivity contribution in [1.82, 2.24) is 15.5 Å². The molecular formula is C21H33N3O. The van der Waals surface area contributed by atoms with E-state index >= 15 is 0 Å². The van der Waals surface area contributed by atoms with Crippen LogP contribution in [0.15, 0.2) is 30.3 Å². The van der Waals surface area contributed by atoms with Gasteiger partial charge in [0, 0.05) is 13.0 Å². The first kappa shape index (κ1) is 18.4. The van der Waals surface area contributed by atoms with Gasteiger partial charge >= 0.3 is 0 Å². The Hall–Kier alpha value is -1.39. The topological polar surface area (TPSA) is 44.4 Å². The lowest BCUT2D eigenvalue weighted by atomic mass is 9.85. The van der Waals surface area contributed by atoms with Gasteiger partial charge in [-0.15, -0.1) is 0 Å². The molecule has 3 atom stereocenters. The minimum absolute atomic E-state index is 0.207. The number of carbonyl (C=O) groups excluding carboxylic acids is 1. The fourth-order valence-corrected chi connectivity index (χ4v) is 4.29. The van der Waals surface area contributed by atoms with Crippen molar-refractivity contribution in [3.8, 4) is 0 Å². The molecular weight excluding hydrogens is 310 g/mol. The minimum atomic E-state index is 0.207. The quantitative estimate of drug-likeness (QED) is 0.800. The molecule has 0 aromatic heterocycles. The van der Waals surface area contributed by atoms with Gasteiger partial charge in [0.25, 0.3) is 0 Å². The van der Waals surface area contributed by atoms with Gasteiger partial charge in [-0.05, 0) is 69.3 Å². The summed E-state index contributed by atoms with van der Waals surface area (Å²) < 4.78 is 0. The first-order valence-electron chi connectivity index (χ1n) is 10.0. The molecule has 1 aromatic rings. The van der Waals surface area contributed by atoms with Crippen LogP contribution in [-0.4, -0.2) is 43.5 Å². The SMILES string of the molecule is CC(CC(=O)NCC(c1ccccc1)N1CCCC1)C1CCCNC1. The monoisotopic (exact) mass is 343 g/mol. The lowest BCUT2D eigenvalue weighted by molar-refractivity contribution is -0.122. The van der Waals surface area contributed by atoms with Gasteiger partial charge in [0.15, 0.2) is 0 Å². The smallest absolute Gasteiger partial charge is 0.220 e. The number of carbonyl (C=O) groups is 1. The van der Waals surface area contributed by atoms with Crippen LogP contribution < -0.4 is 10.6 Å². The lowest BCUT2D eigenvalue weighted by Gasteiger charge is -2.30. The Morgan fingerprint density at radius 3 is 2.68 bits per heavy atom. The molecule has 0 aliphatic carbocycles. The summed E-state index contributed by atoms with van der Waals surface area (Å²) in [7, 11) is 0. The van der Waals surface area contributed by atoms with Crippen molar-refractivity contribution in [2.24, 2.45) is 11.8 Å². The fraction of sp³-hybridized carbons (Fsp3) is 0.667. The summed E-state index contributed by atoms with van der Waals surface area (Å²) in [6.07, 6.45) is 5.67. The lowest BCUT2D eigenvalue weighted by Crippen LogP contribution is -2.39. The number of hydrogen-bond donors (Lipinski definition) is 2. The van der Waals surface area contributed by atoms with Gasteiger partial charge in [0.05, 0.1) is 6.04 Å². The highest BCUT2D eigenvalue weighted by atomic mass is 16.1. The number of likely N-dealkylation sites (tertiary alicyclic amines) is 1. The van der Waals surface area contributed by atoms with E-state index in [1.807, 2.05) is 0 Å². The molecule has 3 unspecified atom stereocenters. The highest BCUT2D eigenvalue weighted by molar-refractivity contribution is 5.76. The van der Waals surface area contributed by atoms with E-state index in [9.17, 15) is 4.79 Å². The molecule has 2 fully saturated rings. The van der Waals surface area contributed by atoms with E-state index in [0.717, 1.165) is 32.7 Å². The van der Waals surface area contributed by atoms with Crippen molar-refractivity contribution < 1.29 is 4.79 Å². The van der Waals surface area contributed by atoms with Gasteiger partial charge in [-0.1, -0.05) is 37.3 Å². The van der Waals surface area contributed by atoms with Crippen molar-refractivity contribution in [3.63, 3.8) is 0 Å². The number of piperidine rings is 1. The zero-order chi connectivity index (χ0) is 17.5. The van der Waals surface area contributed by atoms with E-state index in [4.69, 9.17) is 0 Å². The largest absolute Gasteiger partial charge is 0.354 e. The third-order valence-electron chi connectivity index (χ3n) is 5.91. The molecule has 1 aromatic carbocycles. The van der Waals surface area contributed by atoms with E-state index in [-0.39, 0.29) is 5.91 Å². The number of nitrogens with zero attached hydrogens (tertiary/aromatic N) is 1. The standard InChI is InChI=1S/C21H33N3O/c1-17(19-10-7-11-22-15-19)14-21(25)23-16-20(24-12-5-6-13-24)18-8-3-2-4-9-18/h2-4,8-9,17,19-20,22H,5-7,10-16H2,1H3,(H,23,25). The van der Waals surface area contributed by atoms with E-state index < -0.39 is 0 Å². The van der Waals surface area contributed by atoms with Gasteiger partial charge in [-0.2, -0.15) is 0 Å². The van der Waals surface area contributed by atoms with Crippen LogP contribution in [0.25, 0.3) is 0 Å². The summed E-state index contributed by atoms with van der Waals surface area (Å²) in [6.45, 7) is 7.42. The average Bonchev–Trinajstić information content (AvgIpc) is 3.18. The third kappa shape index (κ3) is 5.29. The number of hydrogen-bond acceptors (Lipinski definition) is 3. The Morgan fingerprint density at radius 2 is 2.00 bits per heavy atom. The molecule has 0 bridgehead atoms. The van der Waals surface area contributed by atoms with Crippen LogP contribution in [0.2, 0.25) is 0 Å². The Kier molecular flexibility index (Phi) is 6.88. The van der Waals surface area contributed by atoms with E-state index in [1.54, 1.807) is 0 Å².